The number of rotatable bonds is 9. The normalized spacial score (nSPS) is 10.9. The van der Waals surface area contributed by atoms with E-state index in [-0.39, 0.29) is 18.0 Å². The Kier molecular flexibility index (Phi) is 7.94. The van der Waals surface area contributed by atoms with Gasteiger partial charge in [0.2, 0.25) is 0 Å². The van der Waals surface area contributed by atoms with E-state index in [1.54, 1.807) is 48.5 Å². The monoisotopic (exact) mass is 473 g/mol. The Morgan fingerprint density at radius 3 is 2.38 bits per heavy atom. The van der Waals surface area contributed by atoms with E-state index in [9.17, 15) is 14.4 Å². The first kappa shape index (κ1) is 23.8. The fraction of sp³-hybridized carbons (Fsp3) is 0.292. The van der Waals surface area contributed by atoms with Gasteiger partial charge in [-0.2, -0.15) is 0 Å². The van der Waals surface area contributed by atoms with E-state index >= 15 is 0 Å². The molecule has 3 aromatic rings. The van der Waals surface area contributed by atoms with Gasteiger partial charge in [0.1, 0.15) is 5.56 Å². The van der Waals surface area contributed by atoms with Crippen molar-refractivity contribution >= 4 is 34.9 Å². The van der Waals surface area contributed by atoms with Gasteiger partial charge in [0.05, 0.1) is 12.2 Å². The molecule has 168 valence electrons. The van der Waals surface area contributed by atoms with Crippen molar-refractivity contribution < 1.29 is 9.59 Å². The minimum Gasteiger partial charge on any atom is -0.331 e. The Bertz CT molecular complexity index is 1170. The van der Waals surface area contributed by atoms with Crippen LogP contribution in [0.4, 0.5) is 0 Å². The quantitative estimate of drug-likeness (QED) is 0.436. The highest BCUT2D eigenvalue weighted by Gasteiger charge is 2.25. The molecule has 6 nitrogen and oxygen atoms in total. The van der Waals surface area contributed by atoms with Gasteiger partial charge in [-0.25, -0.2) is 4.68 Å². The smallest absolute Gasteiger partial charge is 0.282 e. The molecule has 1 heterocycles. The van der Waals surface area contributed by atoms with Crippen molar-refractivity contribution in [3.05, 3.63) is 85.8 Å². The summed E-state index contributed by atoms with van der Waals surface area (Å²) >= 11 is 12.0. The molecule has 0 saturated heterocycles. The predicted octanol–water partition coefficient (Wildman–Crippen LogP) is 5.16. The highest BCUT2D eigenvalue weighted by molar-refractivity contribution is 6.31. The van der Waals surface area contributed by atoms with Gasteiger partial charge >= 0.3 is 0 Å². The number of nitrogens with zero attached hydrogens (tertiary/aromatic N) is 2. The summed E-state index contributed by atoms with van der Waals surface area (Å²) in [4.78, 5) is 40.9. The van der Waals surface area contributed by atoms with Crippen LogP contribution in [0.5, 0.6) is 0 Å². The molecule has 2 aromatic carbocycles. The lowest BCUT2D eigenvalue weighted by Gasteiger charge is -2.22. The third-order valence-electron chi connectivity index (χ3n) is 5.16. The summed E-state index contributed by atoms with van der Waals surface area (Å²) in [6.07, 6.45) is 2.07. The van der Waals surface area contributed by atoms with Gasteiger partial charge < -0.3 is 4.90 Å². The van der Waals surface area contributed by atoms with Crippen molar-refractivity contribution in [2.45, 2.75) is 33.1 Å². The zero-order valence-corrected chi connectivity index (χ0v) is 19.5. The first-order valence-corrected chi connectivity index (χ1v) is 11.3. The van der Waals surface area contributed by atoms with Gasteiger partial charge in [-0.1, -0.05) is 49.5 Å². The number of benzene rings is 2. The molecule has 0 unspecified atom stereocenters. The minimum atomic E-state index is -0.455. The highest BCUT2D eigenvalue weighted by atomic mass is 35.5. The van der Waals surface area contributed by atoms with Crippen LogP contribution < -0.4 is 5.56 Å². The van der Waals surface area contributed by atoms with Crippen LogP contribution in [-0.2, 0) is 6.42 Å². The molecule has 0 spiro atoms. The summed E-state index contributed by atoms with van der Waals surface area (Å²) in [6, 6.07) is 13.4. The summed E-state index contributed by atoms with van der Waals surface area (Å²) in [5, 5.41) is 4.02. The number of hydrogen-bond acceptors (Lipinski definition) is 3. The maximum absolute atomic E-state index is 13.2. The van der Waals surface area contributed by atoms with E-state index in [0.717, 1.165) is 12.8 Å². The third kappa shape index (κ3) is 5.31. The molecule has 32 heavy (non-hydrogen) atoms. The molecular weight excluding hydrogens is 449 g/mol. The van der Waals surface area contributed by atoms with Crippen LogP contribution in [0.3, 0.4) is 0 Å². The van der Waals surface area contributed by atoms with Gasteiger partial charge in [0, 0.05) is 27.8 Å². The van der Waals surface area contributed by atoms with E-state index in [1.165, 1.54) is 9.58 Å². The summed E-state index contributed by atoms with van der Waals surface area (Å²) in [5.41, 5.74) is 1.12. The highest BCUT2D eigenvalue weighted by Crippen LogP contribution is 2.16. The number of unbranched alkanes of at least 4 members (excludes halogenated alkanes) is 1. The molecule has 8 heteroatoms. The van der Waals surface area contributed by atoms with E-state index < -0.39 is 11.3 Å². The number of carbonyl (C=O) groups excluding carboxylic acids is 2. The van der Waals surface area contributed by atoms with Crippen LogP contribution in [-0.4, -0.2) is 39.5 Å². The van der Waals surface area contributed by atoms with Crippen LogP contribution in [0.15, 0.2) is 53.3 Å². The lowest BCUT2D eigenvalue weighted by atomic mass is 10.1. The number of aryl methyl sites for hydroxylation is 1. The second kappa shape index (κ2) is 10.7. The lowest BCUT2D eigenvalue weighted by Crippen LogP contribution is -2.38. The second-order valence-electron chi connectivity index (χ2n) is 7.45. The predicted molar refractivity (Wildman–Crippen MR) is 127 cm³/mol. The number of halogens is 2. The average Bonchev–Trinajstić information content (AvgIpc) is 3.13. The van der Waals surface area contributed by atoms with Crippen molar-refractivity contribution in [1.29, 1.82) is 0 Å². The molecule has 0 aliphatic rings. The summed E-state index contributed by atoms with van der Waals surface area (Å²) < 4.78 is 1.31. The van der Waals surface area contributed by atoms with Crippen molar-refractivity contribution in [1.82, 2.24) is 14.7 Å². The number of ketones is 1. The molecule has 0 bridgehead atoms. The fourth-order valence-electron chi connectivity index (χ4n) is 3.45. The number of hydrogen-bond donors (Lipinski definition) is 1. The molecule has 0 aliphatic heterocycles. The number of amides is 1. The zero-order chi connectivity index (χ0) is 23.3. The van der Waals surface area contributed by atoms with Crippen molar-refractivity contribution in [3.8, 4) is 5.69 Å². The Labute approximate surface area is 196 Å². The largest absolute Gasteiger partial charge is 0.331 e. The summed E-state index contributed by atoms with van der Waals surface area (Å²) in [5.74, 6) is -0.672. The van der Waals surface area contributed by atoms with E-state index in [2.05, 4.69) is 5.10 Å². The van der Waals surface area contributed by atoms with E-state index in [0.29, 0.717) is 40.0 Å². The van der Waals surface area contributed by atoms with Gasteiger partial charge in [-0.15, -0.1) is 0 Å². The number of aromatic nitrogens is 2. The van der Waals surface area contributed by atoms with Gasteiger partial charge in [0.15, 0.2) is 5.78 Å². The van der Waals surface area contributed by atoms with Gasteiger partial charge in [0.25, 0.3) is 11.5 Å². The maximum Gasteiger partial charge on any atom is 0.282 e. The maximum atomic E-state index is 13.2. The van der Waals surface area contributed by atoms with Crippen LogP contribution in [0.2, 0.25) is 10.0 Å². The molecule has 1 N–H and O–H groups in total. The van der Waals surface area contributed by atoms with Gasteiger partial charge in [-0.05, 0) is 55.3 Å². The number of Topliss-reactive ketones (excluding diaryl/α,β-unsaturated/α-hetero) is 1. The summed E-state index contributed by atoms with van der Waals surface area (Å²) in [7, 11) is 0. The molecule has 0 aliphatic carbocycles. The van der Waals surface area contributed by atoms with Crippen molar-refractivity contribution in [2.24, 2.45) is 0 Å². The molecule has 0 saturated carbocycles. The number of H-pyrrole nitrogens is 1. The van der Waals surface area contributed by atoms with Gasteiger partial charge in [-0.3, -0.25) is 19.5 Å². The van der Waals surface area contributed by atoms with Crippen LogP contribution >= 0.6 is 23.2 Å². The zero-order valence-electron chi connectivity index (χ0n) is 18.0. The molecule has 0 fully saturated rings. The van der Waals surface area contributed by atoms with E-state index in [1.807, 2.05) is 13.8 Å². The standard InChI is InChI=1S/C24H25Cl2N3O3/c1-3-5-13-28(23(31)16-9-11-17(25)12-10-16)15-21(30)22-20(4-2)27-29(24(22)32)19-8-6-7-18(26)14-19/h6-12,14,27H,3-5,13,15H2,1-2H3. The van der Waals surface area contributed by atoms with E-state index in [4.69, 9.17) is 23.2 Å². The Balaban J connectivity index is 1.93. The van der Waals surface area contributed by atoms with Crippen molar-refractivity contribution in [3.63, 3.8) is 0 Å². The Morgan fingerprint density at radius 2 is 1.75 bits per heavy atom. The lowest BCUT2D eigenvalue weighted by molar-refractivity contribution is 0.0706. The first-order chi connectivity index (χ1) is 15.3. The Hall–Kier alpha value is -2.83. The molecule has 0 radical (unpaired) electrons. The molecule has 1 amide bonds. The Morgan fingerprint density at radius 1 is 1.03 bits per heavy atom. The molecule has 3 rings (SSSR count). The second-order valence-corrected chi connectivity index (χ2v) is 8.32. The topological polar surface area (TPSA) is 75.2 Å². The SMILES string of the molecule is CCCCN(CC(=O)c1c(CC)[nH]n(-c2cccc(Cl)c2)c1=O)C(=O)c1ccc(Cl)cc1. The molecule has 0 atom stereocenters. The number of aromatic amines is 1. The number of carbonyl (C=O) groups is 2. The minimum absolute atomic E-state index is 0.0675. The van der Waals surface area contributed by atoms with Crippen LogP contribution in [0.1, 0.15) is 53.1 Å². The average molecular weight is 474 g/mol. The molecular formula is C24H25Cl2N3O3. The van der Waals surface area contributed by atoms with Crippen LogP contribution in [0.25, 0.3) is 5.69 Å². The van der Waals surface area contributed by atoms with Crippen molar-refractivity contribution in [2.75, 3.05) is 13.1 Å². The summed E-state index contributed by atoms with van der Waals surface area (Å²) in [6.45, 7) is 4.10. The van der Waals surface area contributed by atoms with Crippen LogP contribution in [0, 0.1) is 0 Å². The molecule has 1 aromatic heterocycles. The number of nitrogens with one attached hydrogen (secondary N) is 1. The third-order valence-corrected chi connectivity index (χ3v) is 5.65. The fourth-order valence-corrected chi connectivity index (χ4v) is 3.76. The first-order valence-electron chi connectivity index (χ1n) is 10.5.